The second-order valence-electron chi connectivity index (χ2n) is 5.63. The number of nitrogens with two attached hydrogens (primary N) is 1. The zero-order valence-corrected chi connectivity index (χ0v) is 12.2. The van der Waals surface area contributed by atoms with Crippen molar-refractivity contribution in [2.45, 2.75) is 45.7 Å². The van der Waals surface area contributed by atoms with Gasteiger partial charge in [-0.1, -0.05) is 38.5 Å². The van der Waals surface area contributed by atoms with Crippen molar-refractivity contribution in [3.05, 3.63) is 35.6 Å². The van der Waals surface area contributed by atoms with Gasteiger partial charge in [0, 0.05) is 5.56 Å². The molecule has 1 aliphatic rings. The Bertz CT molecular complexity index is 485. The summed E-state index contributed by atoms with van der Waals surface area (Å²) in [6.07, 6.45) is 3.01. The molecule has 0 aliphatic heterocycles. The number of carbonyl (C=O) groups excluding carboxylic acids is 1. The van der Waals surface area contributed by atoms with Crippen LogP contribution < -0.4 is 11.1 Å². The van der Waals surface area contributed by atoms with E-state index in [4.69, 9.17) is 5.73 Å². The fraction of sp³-hybridized carbons (Fsp3) is 0.562. The molecule has 3 atom stereocenters. The molecule has 3 nitrogen and oxygen atoms in total. The maximum Gasteiger partial charge on any atom is 0.227 e. The minimum atomic E-state index is -0.787. The molecule has 0 bridgehead atoms. The highest BCUT2D eigenvalue weighted by atomic mass is 19.1. The van der Waals surface area contributed by atoms with Gasteiger partial charge in [0.05, 0.1) is 5.41 Å². The Labute approximate surface area is 119 Å². The quantitative estimate of drug-likeness (QED) is 0.813. The van der Waals surface area contributed by atoms with Crippen molar-refractivity contribution in [2.24, 2.45) is 17.1 Å². The number of benzene rings is 1. The maximum absolute atomic E-state index is 13.7. The number of halogens is 1. The smallest absolute Gasteiger partial charge is 0.227 e. The molecule has 1 fully saturated rings. The Morgan fingerprint density at radius 1 is 1.50 bits per heavy atom. The minimum Gasteiger partial charge on any atom is -0.336 e. The summed E-state index contributed by atoms with van der Waals surface area (Å²) in [5.41, 5.74) is 5.97. The molecule has 3 unspecified atom stereocenters. The van der Waals surface area contributed by atoms with E-state index in [1.165, 1.54) is 6.07 Å². The van der Waals surface area contributed by atoms with E-state index >= 15 is 0 Å². The highest BCUT2D eigenvalue weighted by Gasteiger charge is 2.50. The van der Waals surface area contributed by atoms with Gasteiger partial charge < -0.3 is 11.1 Å². The largest absolute Gasteiger partial charge is 0.336 e. The minimum absolute atomic E-state index is 0.0335. The van der Waals surface area contributed by atoms with Crippen molar-refractivity contribution < 1.29 is 9.18 Å². The van der Waals surface area contributed by atoms with E-state index in [9.17, 15) is 9.18 Å². The standard InChI is InChI=1S/C16H23FN2O/c1-3-11-9-10-16(11,4-2)15(20)19-14(18)12-7-5-6-8-13(12)17/h5-8,11,14H,3-4,9-10,18H2,1-2H3,(H,19,20). The maximum atomic E-state index is 13.7. The van der Waals surface area contributed by atoms with Gasteiger partial charge in [0.15, 0.2) is 0 Å². The van der Waals surface area contributed by atoms with Crippen LogP contribution in [0, 0.1) is 17.2 Å². The Hall–Kier alpha value is -1.42. The second-order valence-corrected chi connectivity index (χ2v) is 5.63. The van der Waals surface area contributed by atoms with Gasteiger partial charge in [0.1, 0.15) is 12.0 Å². The number of carbonyl (C=O) groups is 1. The number of amides is 1. The molecule has 2 rings (SSSR count). The number of hydrogen-bond donors (Lipinski definition) is 2. The highest BCUT2D eigenvalue weighted by molar-refractivity contribution is 5.84. The predicted molar refractivity (Wildman–Crippen MR) is 77.2 cm³/mol. The lowest BCUT2D eigenvalue weighted by Gasteiger charge is -2.48. The fourth-order valence-corrected chi connectivity index (χ4v) is 3.31. The molecule has 4 heteroatoms. The molecule has 1 aromatic carbocycles. The van der Waals surface area contributed by atoms with Gasteiger partial charge in [0.25, 0.3) is 0 Å². The van der Waals surface area contributed by atoms with Gasteiger partial charge in [0.2, 0.25) is 5.91 Å². The molecule has 3 N–H and O–H groups in total. The first-order valence-corrected chi connectivity index (χ1v) is 7.36. The Balaban J connectivity index is 2.10. The molecule has 0 heterocycles. The van der Waals surface area contributed by atoms with Crippen LogP contribution in [-0.2, 0) is 4.79 Å². The van der Waals surface area contributed by atoms with Crippen LogP contribution in [0.5, 0.6) is 0 Å². The van der Waals surface area contributed by atoms with Crippen LogP contribution >= 0.6 is 0 Å². The normalized spacial score (nSPS) is 26.7. The highest BCUT2D eigenvalue weighted by Crippen LogP contribution is 2.51. The molecular weight excluding hydrogens is 255 g/mol. The number of rotatable bonds is 5. The predicted octanol–water partition coefficient (Wildman–Crippen LogP) is 3.12. The lowest BCUT2D eigenvalue weighted by Crippen LogP contribution is -2.53. The summed E-state index contributed by atoms with van der Waals surface area (Å²) in [7, 11) is 0. The van der Waals surface area contributed by atoms with Gasteiger partial charge in [-0.25, -0.2) is 4.39 Å². The number of nitrogens with one attached hydrogen (secondary N) is 1. The van der Waals surface area contributed by atoms with Crippen LogP contribution in [0.3, 0.4) is 0 Å². The van der Waals surface area contributed by atoms with E-state index in [1.807, 2.05) is 6.92 Å². The third-order valence-corrected chi connectivity index (χ3v) is 4.82. The van der Waals surface area contributed by atoms with Crippen LogP contribution in [0.25, 0.3) is 0 Å². The van der Waals surface area contributed by atoms with Gasteiger partial charge in [-0.2, -0.15) is 0 Å². The first-order chi connectivity index (χ1) is 9.55. The van der Waals surface area contributed by atoms with Crippen molar-refractivity contribution in [1.29, 1.82) is 0 Å². The van der Waals surface area contributed by atoms with Crippen LogP contribution in [0.2, 0.25) is 0 Å². The topological polar surface area (TPSA) is 55.1 Å². The molecule has 0 saturated heterocycles. The van der Waals surface area contributed by atoms with Gasteiger partial charge in [-0.3, -0.25) is 4.79 Å². The van der Waals surface area contributed by atoms with Crippen molar-refractivity contribution in [2.75, 3.05) is 0 Å². The monoisotopic (exact) mass is 278 g/mol. The average Bonchev–Trinajstić information content (AvgIpc) is 2.39. The molecule has 1 saturated carbocycles. The summed E-state index contributed by atoms with van der Waals surface area (Å²) in [6, 6.07) is 6.30. The van der Waals surface area contributed by atoms with Crippen LogP contribution in [0.4, 0.5) is 4.39 Å². The van der Waals surface area contributed by atoms with Crippen molar-refractivity contribution in [3.63, 3.8) is 0 Å². The molecule has 0 radical (unpaired) electrons. The van der Waals surface area contributed by atoms with E-state index in [0.29, 0.717) is 11.5 Å². The summed E-state index contributed by atoms with van der Waals surface area (Å²) in [5.74, 6) is 0.000623. The lowest BCUT2D eigenvalue weighted by molar-refractivity contribution is -0.143. The Kier molecular flexibility index (Phi) is 4.43. The third kappa shape index (κ3) is 2.44. The SMILES string of the molecule is CCC1CCC1(CC)C(=O)NC(N)c1ccccc1F. The first kappa shape index (κ1) is 15.0. The van der Waals surface area contributed by atoms with Gasteiger partial charge in [-0.05, 0) is 31.2 Å². The van der Waals surface area contributed by atoms with Crippen molar-refractivity contribution in [3.8, 4) is 0 Å². The summed E-state index contributed by atoms with van der Waals surface area (Å²) in [5, 5.41) is 2.79. The Morgan fingerprint density at radius 2 is 2.20 bits per heavy atom. The molecule has 1 aliphatic carbocycles. The second kappa shape index (κ2) is 5.92. The molecule has 1 aromatic rings. The molecular formula is C16H23FN2O. The first-order valence-electron chi connectivity index (χ1n) is 7.36. The lowest BCUT2D eigenvalue weighted by atomic mass is 9.57. The van der Waals surface area contributed by atoms with E-state index in [0.717, 1.165) is 25.7 Å². The summed E-state index contributed by atoms with van der Waals surface area (Å²) >= 11 is 0. The Morgan fingerprint density at radius 3 is 2.70 bits per heavy atom. The van der Waals surface area contributed by atoms with Gasteiger partial charge in [-0.15, -0.1) is 0 Å². The van der Waals surface area contributed by atoms with E-state index < -0.39 is 6.17 Å². The van der Waals surface area contributed by atoms with Crippen LogP contribution in [0.1, 0.15) is 51.3 Å². The fourth-order valence-electron chi connectivity index (χ4n) is 3.31. The van der Waals surface area contributed by atoms with Crippen molar-refractivity contribution in [1.82, 2.24) is 5.32 Å². The third-order valence-electron chi connectivity index (χ3n) is 4.82. The molecule has 110 valence electrons. The van der Waals surface area contributed by atoms with Crippen molar-refractivity contribution >= 4 is 5.91 Å². The summed E-state index contributed by atoms with van der Waals surface area (Å²) in [4.78, 5) is 12.5. The van der Waals surface area contributed by atoms with Crippen LogP contribution in [-0.4, -0.2) is 5.91 Å². The van der Waals surface area contributed by atoms with Crippen LogP contribution in [0.15, 0.2) is 24.3 Å². The molecule has 1 amide bonds. The molecule has 0 spiro atoms. The summed E-state index contributed by atoms with van der Waals surface area (Å²) < 4.78 is 13.7. The zero-order chi connectivity index (χ0) is 14.8. The van der Waals surface area contributed by atoms with Gasteiger partial charge >= 0.3 is 0 Å². The number of hydrogen-bond acceptors (Lipinski definition) is 2. The average molecular weight is 278 g/mol. The zero-order valence-electron chi connectivity index (χ0n) is 12.2. The van der Waals surface area contributed by atoms with E-state index in [2.05, 4.69) is 12.2 Å². The summed E-state index contributed by atoms with van der Waals surface area (Å²) in [6.45, 7) is 4.15. The molecule has 20 heavy (non-hydrogen) atoms. The van der Waals surface area contributed by atoms with E-state index in [1.54, 1.807) is 18.2 Å². The van der Waals surface area contributed by atoms with E-state index in [-0.39, 0.29) is 17.1 Å². The molecule has 0 aromatic heterocycles.